The number of benzene rings is 2. The summed E-state index contributed by atoms with van der Waals surface area (Å²) >= 11 is 0. The predicted molar refractivity (Wildman–Crippen MR) is 101 cm³/mol. The van der Waals surface area contributed by atoms with Gasteiger partial charge in [0.25, 0.3) is 21.8 Å². The highest BCUT2D eigenvalue weighted by molar-refractivity contribution is 7.92. The highest BCUT2D eigenvalue weighted by atomic mass is 32.2. The average Bonchev–Trinajstić information content (AvgIpc) is 2.60. The molecule has 0 aromatic heterocycles. The number of primary amides is 1. The van der Waals surface area contributed by atoms with Gasteiger partial charge in [-0.2, -0.15) is 0 Å². The molecule has 0 aliphatic heterocycles. The van der Waals surface area contributed by atoms with Crippen molar-refractivity contribution in [3.8, 4) is 5.75 Å². The van der Waals surface area contributed by atoms with Crippen LogP contribution < -0.4 is 20.5 Å². The molecule has 0 aliphatic carbocycles. The lowest BCUT2D eigenvalue weighted by atomic mass is 10.2. The van der Waals surface area contributed by atoms with Crippen LogP contribution in [0.2, 0.25) is 0 Å². The smallest absolute Gasteiger partial charge is 0.261 e. The Hall–Kier alpha value is -3.07. The summed E-state index contributed by atoms with van der Waals surface area (Å²) in [5, 5.41) is 2.69. The number of para-hydroxylation sites is 1. The topological polar surface area (TPSA) is 128 Å². The van der Waals surface area contributed by atoms with Crippen molar-refractivity contribution >= 4 is 27.5 Å². The number of carbonyl (C=O) groups is 2. The van der Waals surface area contributed by atoms with Gasteiger partial charge in [0.05, 0.1) is 28.8 Å². The van der Waals surface area contributed by atoms with E-state index in [0.29, 0.717) is 0 Å². The van der Waals surface area contributed by atoms with Gasteiger partial charge < -0.3 is 15.8 Å². The molecule has 2 rings (SSSR count). The summed E-state index contributed by atoms with van der Waals surface area (Å²) in [6.45, 7) is 3.57. The number of hydrogen-bond acceptors (Lipinski definition) is 5. The largest absolute Gasteiger partial charge is 0.496 e. The summed E-state index contributed by atoms with van der Waals surface area (Å²) in [6, 6.07) is 9.75. The van der Waals surface area contributed by atoms with Crippen LogP contribution in [0.1, 0.15) is 34.6 Å². The molecule has 0 radical (unpaired) electrons. The standard InChI is InChI=1S/C18H21N3O5S/c1-11(2)20-18(23)14-10-12(8-9-16(14)26-3)27(24,25)21-15-7-5-4-6-13(15)17(19)22/h4-11,21H,1-3H3,(H2,19,22)(H,20,23). The van der Waals surface area contributed by atoms with Crippen LogP contribution in [0.3, 0.4) is 0 Å². The second-order valence-electron chi connectivity index (χ2n) is 6.01. The van der Waals surface area contributed by atoms with Crippen LogP contribution in [0.15, 0.2) is 47.4 Å². The molecule has 0 saturated heterocycles. The number of nitrogens with one attached hydrogen (secondary N) is 2. The molecule has 2 aromatic rings. The van der Waals surface area contributed by atoms with Gasteiger partial charge in [-0.3, -0.25) is 14.3 Å². The molecule has 2 amide bonds. The number of ether oxygens (including phenoxy) is 1. The van der Waals surface area contributed by atoms with E-state index in [1.54, 1.807) is 26.0 Å². The van der Waals surface area contributed by atoms with Gasteiger partial charge >= 0.3 is 0 Å². The zero-order valence-corrected chi connectivity index (χ0v) is 16.0. The molecule has 0 unspecified atom stereocenters. The highest BCUT2D eigenvalue weighted by Crippen LogP contribution is 2.25. The van der Waals surface area contributed by atoms with Crippen LogP contribution in [0.4, 0.5) is 5.69 Å². The number of hydrogen-bond donors (Lipinski definition) is 3. The molecule has 0 fully saturated rings. The molecular formula is C18H21N3O5S. The quantitative estimate of drug-likeness (QED) is 0.662. The fourth-order valence-corrected chi connectivity index (χ4v) is 3.47. The van der Waals surface area contributed by atoms with Crippen molar-refractivity contribution in [3.63, 3.8) is 0 Å². The highest BCUT2D eigenvalue weighted by Gasteiger charge is 2.22. The molecule has 8 nitrogen and oxygen atoms in total. The maximum atomic E-state index is 12.7. The van der Waals surface area contributed by atoms with Crippen molar-refractivity contribution in [2.24, 2.45) is 5.73 Å². The maximum Gasteiger partial charge on any atom is 0.261 e. The van der Waals surface area contributed by atoms with E-state index in [9.17, 15) is 18.0 Å². The Morgan fingerprint density at radius 3 is 2.33 bits per heavy atom. The minimum Gasteiger partial charge on any atom is -0.496 e. The minimum absolute atomic E-state index is 0.0346. The number of amides is 2. The van der Waals surface area contributed by atoms with Crippen molar-refractivity contribution < 1.29 is 22.7 Å². The summed E-state index contributed by atoms with van der Waals surface area (Å²) in [7, 11) is -2.69. The Morgan fingerprint density at radius 1 is 1.07 bits per heavy atom. The maximum absolute atomic E-state index is 12.7. The Kier molecular flexibility index (Phi) is 6.06. The van der Waals surface area contributed by atoms with Crippen LogP contribution in [0.25, 0.3) is 0 Å². The van der Waals surface area contributed by atoms with Crippen molar-refractivity contribution in [3.05, 3.63) is 53.6 Å². The summed E-state index contributed by atoms with van der Waals surface area (Å²) in [5.74, 6) is -0.985. The molecule has 0 heterocycles. The SMILES string of the molecule is COc1ccc(S(=O)(=O)Nc2ccccc2C(N)=O)cc1C(=O)NC(C)C. The fourth-order valence-electron chi connectivity index (χ4n) is 2.36. The molecule has 4 N–H and O–H groups in total. The van der Waals surface area contributed by atoms with E-state index in [1.165, 1.54) is 37.4 Å². The number of nitrogens with two attached hydrogens (primary N) is 1. The lowest BCUT2D eigenvalue weighted by molar-refractivity contribution is 0.0938. The Bertz CT molecular complexity index is 971. The average molecular weight is 391 g/mol. The van der Waals surface area contributed by atoms with E-state index < -0.39 is 21.8 Å². The Balaban J connectivity index is 2.45. The molecular weight excluding hydrogens is 370 g/mol. The number of methoxy groups -OCH3 is 1. The number of carbonyl (C=O) groups excluding carboxylic acids is 2. The fraction of sp³-hybridized carbons (Fsp3) is 0.222. The Morgan fingerprint density at radius 2 is 1.74 bits per heavy atom. The van der Waals surface area contributed by atoms with E-state index in [-0.39, 0.29) is 33.5 Å². The summed E-state index contributed by atoms with van der Waals surface area (Å²) < 4.78 is 32.9. The van der Waals surface area contributed by atoms with E-state index in [4.69, 9.17) is 10.5 Å². The van der Waals surface area contributed by atoms with E-state index >= 15 is 0 Å². The van der Waals surface area contributed by atoms with Gasteiger partial charge in [-0.15, -0.1) is 0 Å². The molecule has 2 aromatic carbocycles. The zero-order valence-electron chi connectivity index (χ0n) is 15.1. The molecule has 27 heavy (non-hydrogen) atoms. The van der Waals surface area contributed by atoms with Crippen LogP contribution in [-0.4, -0.2) is 33.4 Å². The first-order valence-electron chi connectivity index (χ1n) is 8.06. The number of sulfonamides is 1. The summed E-state index contributed by atoms with van der Waals surface area (Å²) in [4.78, 5) is 23.7. The lowest BCUT2D eigenvalue weighted by Gasteiger charge is -2.14. The predicted octanol–water partition coefficient (Wildman–Crippen LogP) is 1.73. The minimum atomic E-state index is -4.07. The number of rotatable bonds is 7. The van der Waals surface area contributed by atoms with Crippen LogP contribution in [0, 0.1) is 0 Å². The molecule has 0 saturated carbocycles. The van der Waals surface area contributed by atoms with Gasteiger partial charge in [-0.1, -0.05) is 12.1 Å². The van der Waals surface area contributed by atoms with E-state index in [1.807, 2.05) is 0 Å². The van der Waals surface area contributed by atoms with Gasteiger partial charge in [0.15, 0.2) is 0 Å². The second-order valence-corrected chi connectivity index (χ2v) is 7.69. The molecule has 0 aliphatic rings. The Labute approximate surface area is 157 Å². The molecule has 9 heteroatoms. The van der Waals surface area contributed by atoms with E-state index in [2.05, 4.69) is 10.0 Å². The van der Waals surface area contributed by atoms with Crippen molar-refractivity contribution in [1.82, 2.24) is 5.32 Å². The third-order valence-corrected chi connectivity index (χ3v) is 4.95. The van der Waals surface area contributed by atoms with Crippen molar-refractivity contribution in [1.29, 1.82) is 0 Å². The molecule has 144 valence electrons. The lowest BCUT2D eigenvalue weighted by Crippen LogP contribution is -2.30. The molecule has 0 atom stereocenters. The molecule has 0 spiro atoms. The second kappa shape index (κ2) is 8.09. The van der Waals surface area contributed by atoms with Gasteiger partial charge in [-0.25, -0.2) is 8.42 Å². The first-order valence-corrected chi connectivity index (χ1v) is 9.54. The van der Waals surface area contributed by atoms with E-state index in [0.717, 1.165) is 0 Å². The van der Waals surface area contributed by atoms with Gasteiger partial charge in [0.2, 0.25) is 0 Å². The number of anilines is 1. The zero-order chi connectivity index (χ0) is 20.2. The normalized spacial score (nSPS) is 11.1. The third-order valence-electron chi connectivity index (χ3n) is 3.58. The van der Waals surface area contributed by atoms with Gasteiger partial charge in [-0.05, 0) is 44.2 Å². The summed E-state index contributed by atoms with van der Waals surface area (Å²) in [5.41, 5.74) is 5.44. The van der Waals surface area contributed by atoms with Crippen LogP contribution >= 0.6 is 0 Å². The van der Waals surface area contributed by atoms with Crippen LogP contribution in [0.5, 0.6) is 5.75 Å². The first-order chi connectivity index (χ1) is 12.7. The third kappa shape index (κ3) is 4.76. The summed E-state index contributed by atoms with van der Waals surface area (Å²) in [6.07, 6.45) is 0. The van der Waals surface area contributed by atoms with Gasteiger partial charge in [0, 0.05) is 6.04 Å². The molecule has 0 bridgehead atoms. The van der Waals surface area contributed by atoms with Crippen molar-refractivity contribution in [2.45, 2.75) is 24.8 Å². The van der Waals surface area contributed by atoms with Crippen molar-refractivity contribution in [2.75, 3.05) is 11.8 Å². The first kappa shape index (κ1) is 20.2. The monoisotopic (exact) mass is 391 g/mol. The van der Waals surface area contributed by atoms with Crippen LogP contribution in [-0.2, 0) is 10.0 Å². The van der Waals surface area contributed by atoms with Gasteiger partial charge in [0.1, 0.15) is 5.75 Å².